The Kier molecular flexibility index (Phi) is 7.97. The lowest BCUT2D eigenvalue weighted by molar-refractivity contribution is -0.159. The molecule has 0 fully saturated rings. The average molecular weight is 432 g/mol. The molecular formula is C23H28O8. The molecule has 0 amide bonds. The molecule has 3 rings (SSSR count). The lowest BCUT2D eigenvalue weighted by atomic mass is 10.0. The van der Waals surface area contributed by atoms with Crippen LogP contribution in [0.1, 0.15) is 13.8 Å². The fraction of sp³-hybridized carbons (Fsp3) is 0.435. The minimum atomic E-state index is -1.08. The number of rotatable bonds is 3. The van der Waals surface area contributed by atoms with Crippen molar-refractivity contribution in [3.8, 4) is 23.0 Å². The molecule has 2 aromatic rings. The van der Waals surface area contributed by atoms with Crippen LogP contribution in [0.25, 0.3) is 0 Å². The van der Waals surface area contributed by atoms with Gasteiger partial charge in [-0.05, 0) is 38.1 Å². The molecule has 0 radical (unpaired) electrons. The Bertz CT molecular complexity index is 855. The van der Waals surface area contributed by atoms with E-state index in [9.17, 15) is 4.79 Å². The number of benzene rings is 2. The highest BCUT2D eigenvalue weighted by Gasteiger charge is 2.37. The summed E-state index contributed by atoms with van der Waals surface area (Å²) in [7, 11) is 0. The summed E-state index contributed by atoms with van der Waals surface area (Å²) in [5.74, 6) is 1.10. The van der Waals surface area contributed by atoms with Crippen molar-refractivity contribution < 1.29 is 38.3 Å². The molecule has 0 aliphatic carbocycles. The number of para-hydroxylation sites is 4. The van der Waals surface area contributed by atoms with Gasteiger partial charge in [-0.2, -0.15) is 0 Å². The molecule has 1 N–H and O–H groups in total. The molecule has 0 spiro atoms. The first-order chi connectivity index (χ1) is 15.0. The van der Waals surface area contributed by atoms with Crippen LogP contribution in [-0.2, 0) is 14.3 Å². The summed E-state index contributed by atoms with van der Waals surface area (Å²) in [5.41, 5.74) is -1.07. The first-order valence-corrected chi connectivity index (χ1v) is 10.1. The molecule has 0 bridgehead atoms. The van der Waals surface area contributed by atoms with E-state index >= 15 is 0 Å². The first kappa shape index (κ1) is 22.7. The Morgan fingerprint density at radius 3 is 2.03 bits per heavy atom. The van der Waals surface area contributed by atoms with E-state index in [2.05, 4.69) is 0 Å². The topological polar surface area (TPSA) is 92.7 Å². The monoisotopic (exact) mass is 432 g/mol. The molecule has 0 saturated heterocycles. The maximum atomic E-state index is 11.2. The quantitative estimate of drug-likeness (QED) is 0.791. The summed E-state index contributed by atoms with van der Waals surface area (Å²) in [6.07, 6.45) is -0.561. The Hall–Kier alpha value is -2.97. The summed E-state index contributed by atoms with van der Waals surface area (Å²) in [4.78, 5) is 11.2. The smallest absolute Gasteiger partial charge is 0.329 e. The van der Waals surface area contributed by atoms with E-state index in [1.807, 2.05) is 24.3 Å². The summed E-state index contributed by atoms with van der Waals surface area (Å²) in [6, 6.07) is 14.5. The van der Waals surface area contributed by atoms with Crippen LogP contribution in [0.4, 0.5) is 0 Å². The third-order valence-electron chi connectivity index (χ3n) is 4.87. The third kappa shape index (κ3) is 6.50. The Morgan fingerprint density at radius 2 is 1.45 bits per heavy atom. The van der Waals surface area contributed by atoms with Crippen molar-refractivity contribution in [3.63, 3.8) is 0 Å². The van der Waals surface area contributed by atoms with Crippen LogP contribution < -0.4 is 18.9 Å². The Labute approximate surface area is 181 Å². The van der Waals surface area contributed by atoms with Crippen molar-refractivity contribution in [2.75, 3.05) is 39.6 Å². The predicted molar refractivity (Wildman–Crippen MR) is 112 cm³/mol. The van der Waals surface area contributed by atoms with Crippen molar-refractivity contribution in [2.45, 2.75) is 25.6 Å². The molecule has 1 aliphatic rings. The van der Waals surface area contributed by atoms with Gasteiger partial charge in [0.05, 0.1) is 13.2 Å². The van der Waals surface area contributed by atoms with Gasteiger partial charge in [0.25, 0.3) is 0 Å². The van der Waals surface area contributed by atoms with Gasteiger partial charge in [0.2, 0.25) is 0 Å². The van der Waals surface area contributed by atoms with Gasteiger partial charge in [-0.25, -0.2) is 4.79 Å². The van der Waals surface area contributed by atoms with E-state index in [4.69, 9.17) is 33.5 Å². The second kappa shape index (κ2) is 10.9. The van der Waals surface area contributed by atoms with Crippen LogP contribution >= 0.6 is 0 Å². The molecule has 168 valence electrons. The zero-order valence-electron chi connectivity index (χ0n) is 17.7. The standard InChI is InChI=1S/C23H28O8/c1-17-23(2,30-15-22(24)25)16-29-19-8-4-3-7-18(19)27-13-11-26-12-14-28-20-9-5-6-10-21(20)31-17/h3-10,17H,11-16H2,1-2H3,(H,24,25)/t17-,23-/m1/s1. The van der Waals surface area contributed by atoms with Crippen LogP contribution in [0.15, 0.2) is 48.5 Å². The van der Waals surface area contributed by atoms with Gasteiger partial charge < -0.3 is 33.5 Å². The second-order valence-electron chi connectivity index (χ2n) is 7.25. The van der Waals surface area contributed by atoms with Crippen molar-refractivity contribution in [1.29, 1.82) is 0 Å². The molecular weight excluding hydrogens is 404 g/mol. The molecule has 0 aromatic heterocycles. The van der Waals surface area contributed by atoms with E-state index in [-0.39, 0.29) is 6.61 Å². The zero-order chi connectivity index (χ0) is 22.1. The molecule has 8 heteroatoms. The molecule has 8 nitrogen and oxygen atoms in total. The molecule has 2 atom stereocenters. The molecule has 1 heterocycles. The van der Waals surface area contributed by atoms with Gasteiger partial charge in [-0.15, -0.1) is 0 Å². The predicted octanol–water partition coefficient (Wildman–Crippen LogP) is 3.18. The minimum absolute atomic E-state index is 0.0430. The molecule has 31 heavy (non-hydrogen) atoms. The van der Waals surface area contributed by atoms with Crippen LogP contribution in [0.2, 0.25) is 0 Å². The largest absolute Gasteiger partial charge is 0.487 e. The number of carboxylic acid groups (broad SMARTS) is 1. The fourth-order valence-corrected chi connectivity index (χ4v) is 2.92. The second-order valence-corrected chi connectivity index (χ2v) is 7.25. The Balaban J connectivity index is 1.87. The minimum Gasteiger partial charge on any atom is -0.487 e. The first-order valence-electron chi connectivity index (χ1n) is 10.1. The van der Waals surface area contributed by atoms with Crippen LogP contribution in [-0.4, -0.2) is 62.4 Å². The summed E-state index contributed by atoms with van der Waals surface area (Å²) in [6.45, 7) is 4.60. The summed E-state index contributed by atoms with van der Waals surface area (Å²) in [5, 5.41) is 9.14. The third-order valence-corrected chi connectivity index (χ3v) is 4.87. The van der Waals surface area contributed by atoms with E-state index < -0.39 is 24.3 Å². The number of hydrogen-bond donors (Lipinski definition) is 1. The van der Waals surface area contributed by atoms with E-state index in [0.29, 0.717) is 49.4 Å². The van der Waals surface area contributed by atoms with Gasteiger partial charge in [-0.1, -0.05) is 24.3 Å². The number of hydrogen-bond acceptors (Lipinski definition) is 7. The maximum absolute atomic E-state index is 11.2. The number of carbonyl (C=O) groups is 1. The van der Waals surface area contributed by atoms with Gasteiger partial charge in [0.1, 0.15) is 38.1 Å². The molecule has 0 unspecified atom stereocenters. The van der Waals surface area contributed by atoms with Crippen molar-refractivity contribution >= 4 is 5.97 Å². The summed E-state index contributed by atoms with van der Waals surface area (Å²) >= 11 is 0. The SMILES string of the molecule is C[C@H]1Oc2ccccc2OCCOCCOc2ccccc2OC[C@@]1(C)OCC(=O)O. The van der Waals surface area contributed by atoms with Crippen molar-refractivity contribution in [2.24, 2.45) is 0 Å². The van der Waals surface area contributed by atoms with E-state index in [1.165, 1.54) is 0 Å². The van der Waals surface area contributed by atoms with Gasteiger partial charge in [0.15, 0.2) is 23.0 Å². The van der Waals surface area contributed by atoms with Gasteiger partial charge in [0, 0.05) is 0 Å². The molecule has 1 aliphatic heterocycles. The Morgan fingerprint density at radius 1 is 0.935 bits per heavy atom. The van der Waals surface area contributed by atoms with Crippen LogP contribution in [0, 0.1) is 0 Å². The lowest BCUT2D eigenvalue weighted by Crippen LogP contribution is -2.49. The fourth-order valence-electron chi connectivity index (χ4n) is 2.92. The van der Waals surface area contributed by atoms with Gasteiger partial charge >= 0.3 is 5.97 Å². The number of ether oxygens (including phenoxy) is 6. The van der Waals surface area contributed by atoms with Gasteiger partial charge in [-0.3, -0.25) is 0 Å². The highest BCUT2D eigenvalue weighted by Crippen LogP contribution is 2.32. The summed E-state index contributed by atoms with van der Waals surface area (Å²) < 4.78 is 35.0. The lowest BCUT2D eigenvalue weighted by Gasteiger charge is -2.35. The zero-order valence-corrected chi connectivity index (χ0v) is 17.7. The highest BCUT2D eigenvalue weighted by molar-refractivity contribution is 5.68. The van der Waals surface area contributed by atoms with Crippen molar-refractivity contribution in [3.05, 3.63) is 48.5 Å². The number of fused-ring (bicyclic) bond motifs is 2. The van der Waals surface area contributed by atoms with Crippen molar-refractivity contribution in [1.82, 2.24) is 0 Å². The number of carboxylic acids is 1. The molecule has 0 saturated carbocycles. The average Bonchev–Trinajstić information content (AvgIpc) is 2.76. The maximum Gasteiger partial charge on any atom is 0.329 e. The molecule has 2 aromatic carbocycles. The highest BCUT2D eigenvalue weighted by atomic mass is 16.6. The van der Waals surface area contributed by atoms with Crippen LogP contribution in [0.3, 0.4) is 0 Å². The van der Waals surface area contributed by atoms with E-state index in [1.54, 1.807) is 38.1 Å². The number of aliphatic carboxylic acids is 1. The van der Waals surface area contributed by atoms with E-state index in [0.717, 1.165) is 0 Å². The normalized spacial score (nSPS) is 22.5. The van der Waals surface area contributed by atoms with Crippen LogP contribution in [0.5, 0.6) is 23.0 Å².